The molecule has 1 fully saturated rings. The summed E-state index contributed by atoms with van der Waals surface area (Å²) in [7, 11) is 0. The summed E-state index contributed by atoms with van der Waals surface area (Å²) in [6.45, 7) is 11.4. The maximum atomic E-state index is 6.36. The standard InChI is InChI=1S/C13H23ClN4/c1-4-11-8-17(7-6-15-11)9-12-13(14)10(3)16-18(12)5-2/h11,15H,4-9H2,1-3H3. The van der Waals surface area contributed by atoms with E-state index in [4.69, 9.17) is 11.6 Å². The van der Waals surface area contributed by atoms with Gasteiger partial charge in [0.15, 0.2) is 0 Å². The summed E-state index contributed by atoms with van der Waals surface area (Å²) < 4.78 is 2.03. The Bertz CT molecular complexity index is 402. The Morgan fingerprint density at radius 2 is 2.22 bits per heavy atom. The molecule has 0 radical (unpaired) electrons. The van der Waals surface area contributed by atoms with Crippen LogP contribution in [0.5, 0.6) is 0 Å². The second-order valence-electron chi connectivity index (χ2n) is 4.96. The largest absolute Gasteiger partial charge is 0.311 e. The van der Waals surface area contributed by atoms with Crippen LogP contribution in [0, 0.1) is 6.92 Å². The molecule has 5 heteroatoms. The number of aromatic nitrogens is 2. The molecule has 102 valence electrons. The van der Waals surface area contributed by atoms with E-state index >= 15 is 0 Å². The van der Waals surface area contributed by atoms with Gasteiger partial charge in [-0.15, -0.1) is 0 Å². The van der Waals surface area contributed by atoms with Crippen LogP contribution in [-0.2, 0) is 13.1 Å². The van der Waals surface area contributed by atoms with E-state index in [1.807, 2.05) is 11.6 Å². The maximum absolute atomic E-state index is 6.36. The van der Waals surface area contributed by atoms with E-state index in [0.717, 1.165) is 49.1 Å². The first-order valence-corrected chi connectivity index (χ1v) is 7.21. The third kappa shape index (κ3) is 2.87. The summed E-state index contributed by atoms with van der Waals surface area (Å²) >= 11 is 6.36. The van der Waals surface area contributed by atoms with Crippen molar-refractivity contribution in [3.8, 4) is 0 Å². The van der Waals surface area contributed by atoms with Crippen molar-refractivity contribution in [2.75, 3.05) is 19.6 Å². The first-order valence-electron chi connectivity index (χ1n) is 6.83. The minimum absolute atomic E-state index is 0.608. The highest BCUT2D eigenvalue weighted by atomic mass is 35.5. The first-order chi connectivity index (χ1) is 8.65. The molecule has 4 nitrogen and oxygen atoms in total. The van der Waals surface area contributed by atoms with Crippen molar-refractivity contribution in [3.05, 3.63) is 16.4 Å². The second kappa shape index (κ2) is 6.04. The topological polar surface area (TPSA) is 33.1 Å². The molecule has 2 rings (SSSR count). The Hall–Kier alpha value is -0.580. The lowest BCUT2D eigenvalue weighted by Gasteiger charge is -2.33. The third-order valence-electron chi connectivity index (χ3n) is 3.66. The number of rotatable bonds is 4. The van der Waals surface area contributed by atoms with Gasteiger partial charge in [-0.1, -0.05) is 18.5 Å². The number of halogens is 1. The van der Waals surface area contributed by atoms with Crippen molar-refractivity contribution in [2.24, 2.45) is 0 Å². The van der Waals surface area contributed by atoms with Gasteiger partial charge in [-0.3, -0.25) is 9.58 Å². The predicted octanol–water partition coefficient (Wildman–Crippen LogP) is 2.05. The van der Waals surface area contributed by atoms with Crippen LogP contribution < -0.4 is 5.32 Å². The van der Waals surface area contributed by atoms with Crippen LogP contribution in [0.4, 0.5) is 0 Å². The molecule has 2 heterocycles. The van der Waals surface area contributed by atoms with E-state index in [1.165, 1.54) is 6.42 Å². The zero-order valence-electron chi connectivity index (χ0n) is 11.5. The number of hydrogen-bond acceptors (Lipinski definition) is 3. The summed E-state index contributed by atoms with van der Waals surface area (Å²) in [6.07, 6.45) is 1.18. The average molecular weight is 271 g/mol. The quantitative estimate of drug-likeness (QED) is 0.909. The minimum Gasteiger partial charge on any atom is -0.311 e. The second-order valence-corrected chi connectivity index (χ2v) is 5.33. The molecule has 1 aromatic rings. The predicted molar refractivity (Wildman–Crippen MR) is 75.0 cm³/mol. The highest BCUT2D eigenvalue weighted by Crippen LogP contribution is 2.22. The van der Waals surface area contributed by atoms with E-state index in [0.29, 0.717) is 6.04 Å². The smallest absolute Gasteiger partial charge is 0.0860 e. The summed E-state index contributed by atoms with van der Waals surface area (Å²) in [5, 5.41) is 8.85. The van der Waals surface area contributed by atoms with Gasteiger partial charge in [-0.05, 0) is 20.3 Å². The van der Waals surface area contributed by atoms with Gasteiger partial charge in [0.1, 0.15) is 0 Å². The Labute approximate surface area is 114 Å². The molecule has 0 amide bonds. The van der Waals surface area contributed by atoms with E-state index in [9.17, 15) is 0 Å². The number of aryl methyl sites for hydroxylation is 2. The fourth-order valence-corrected chi connectivity index (χ4v) is 2.74. The molecule has 0 saturated carbocycles. The van der Waals surface area contributed by atoms with E-state index in [-0.39, 0.29) is 0 Å². The molecule has 1 aliphatic heterocycles. The summed E-state index contributed by atoms with van der Waals surface area (Å²) in [5.74, 6) is 0. The van der Waals surface area contributed by atoms with Gasteiger partial charge in [-0.2, -0.15) is 5.10 Å². The molecule has 0 aliphatic carbocycles. The number of nitrogens with zero attached hydrogens (tertiary/aromatic N) is 3. The molecule has 18 heavy (non-hydrogen) atoms. The Morgan fingerprint density at radius 1 is 1.44 bits per heavy atom. The van der Waals surface area contributed by atoms with E-state index in [1.54, 1.807) is 0 Å². The number of nitrogens with one attached hydrogen (secondary N) is 1. The van der Waals surface area contributed by atoms with Crippen LogP contribution in [0.25, 0.3) is 0 Å². The van der Waals surface area contributed by atoms with Crippen LogP contribution in [0.15, 0.2) is 0 Å². The lowest BCUT2D eigenvalue weighted by atomic mass is 10.1. The molecule has 1 unspecified atom stereocenters. The molecular weight excluding hydrogens is 248 g/mol. The number of piperazine rings is 1. The first kappa shape index (κ1) is 13.8. The molecule has 0 aromatic carbocycles. The fourth-order valence-electron chi connectivity index (χ4n) is 2.54. The van der Waals surface area contributed by atoms with Gasteiger partial charge in [0.05, 0.1) is 16.4 Å². The van der Waals surface area contributed by atoms with Crippen molar-refractivity contribution >= 4 is 11.6 Å². The van der Waals surface area contributed by atoms with Gasteiger partial charge in [-0.25, -0.2) is 0 Å². The zero-order chi connectivity index (χ0) is 13.1. The van der Waals surface area contributed by atoms with E-state index < -0.39 is 0 Å². The molecule has 1 atom stereocenters. The fraction of sp³-hybridized carbons (Fsp3) is 0.769. The van der Waals surface area contributed by atoms with Gasteiger partial charge in [0.2, 0.25) is 0 Å². The van der Waals surface area contributed by atoms with Gasteiger partial charge in [0.25, 0.3) is 0 Å². The molecule has 0 bridgehead atoms. The van der Waals surface area contributed by atoms with Crippen molar-refractivity contribution in [1.29, 1.82) is 0 Å². The average Bonchev–Trinajstić information content (AvgIpc) is 2.67. The lowest BCUT2D eigenvalue weighted by molar-refractivity contribution is 0.185. The third-order valence-corrected chi connectivity index (χ3v) is 4.15. The molecule has 0 spiro atoms. The van der Waals surface area contributed by atoms with Crippen LogP contribution in [0.2, 0.25) is 5.02 Å². The monoisotopic (exact) mass is 270 g/mol. The van der Waals surface area contributed by atoms with Gasteiger partial charge in [0, 0.05) is 38.8 Å². The molecule has 1 aliphatic rings. The Kier molecular flexibility index (Phi) is 4.65. The van der Waals surface area contributed by atoms with E-state index in [2.05, 4.69) is 29.2 Å². The van der Waals surface area contributed by atoms with Crippen LogP contribution >= 0.6 is 11.6 Å². The van der Waals surface area contributed by atoms with Crippen LogP contribution in [-0.4, -0.2) is 40.4 Å². The van der Waals surface area contributed by atoms with Crippen LogP contribution in [0.1, 0.15) is 31.7 Å². The van der Waals surface area contributed by atoms with Crippen LogP contribution in [0.3, 0.4) is 0 Å². The molecule has 1 aromatic heterocycles. The Balaban J connectivity index is 2.08. The maximum Gasteiger partial charge on any atom is 0.0860 e. The molecule has 1 N–H and O–H groups in total. The molecule has 1 saturated heterocycles. The number of hydrogen-bond donors (Lipinski definition) is 1. The minimum atomic E-state index is 0.608. The summed E-state index contributed by atoms with van der Waals surface area (Å²) in [6, 6.07) is 0.608. The normalized spacial score (nSPS) is 21.4. The Morgan fingerprint density at radius 3 is 2.89 bits per heavy atom. The lowest BCUT2D eigenvalue weighted by Crippen LogP contribution is -2.50. The van der Waals surface area contributed by atoms with Gasteiger partial charge >= 0.3 is 0 Å². The molecular formula is C13H23ClN4. The van der Waals surface area contributed by atoms with Gasteiger partial charge < -0.3 is 5.32 Å². The zero-order valence-corrected chi connectivity index (χ0v) is 12.3. The highest BCUT2D eigenvalue weighted by molar-refractivity contribution is 6.31. The van der Waals surface area contributed by atoms with Crippen molar-refractivity contribution < 1.29 is 0 Å². The summed E-state index contributed by atoms with van der Waals surface area (Å²) in [5.41, 5.74) is 2.10. The van der Waals surface area contributed by atoms with Crippen molar-refractivity contribution in [3.63, 3.8) is 0 Å². The highest BCUT2D eigenvalue weighted by Gasteiger charge is 2.21. The summed E-state index contributed by atoms with van der Waals surface area (Å²) in [4.78, 5) is 2.47. The van der Waals surface area contributed by atoms with Crippen molar-refractivity contribution in [2.45, 2.75) is 46.3 Å². The van der Waals surface area contributed by atoms with Crippen molar-refractivity contribution in [1.82, 2.24) is 20.0 Å². The SMILES string of the molecule is CCC1CN(Cc2c(Cl)c(C)nn2CC)CCN1.